The molecule has 5 heteroatoms. The summed E-state index contributed by atoms with van der Waals surface area (Å²) in [4.78, 5) is 16.8. The van der Waals surface area contributed by atoms with Crippen LogP contribution in [0.4, 0.5) is 0 Å². The van der Waals surface area contributed by atoms with Crippen molar-refractivity contribution in [2.45, 2.75) is 20.0 Å². The van der Waals surface area contributed by atoms with Crippen molar-refractivity contribution in [1.82, 2.24) is 0 Å². The molecule has 29 heavy (non-hydrogen) atoms. The Morgan fingerprint density at radius 1 is 1.00 bits per heavy atom. The molecule has 0 saturated heterocycles. The highest BCUT2D eigenvalue weighted by Gasteiger charge is 2.25. The summed E-state index contributed by atoms with van der Waals surface area (Å²) in [7, 11) is 1.58. The molecule has 0 aliphatic carbocycles. The molecule has 3 aromatic carbocycles. The van der Waals surface area contributed by atoms with Gasteiger partial charge in [-0.3, -0.25) is 0 Å². The average molecular weight is 387 g/mol. The van der Waals surface area contributed by atoms with Gasteiger partial charge in [-0.25, -0.2) is 9.79 Å². The van der Waals surface area contributed by atoms with Gasteiger partial charge in [-0.2, -0.15) is 0 Å². The lowest BCUT2D eigenvalue weighted by Gasteiger charge is -2.13. The zero-order valence-electron chi connectivity index (χ0n) is 16.5. The number of ether oxygens (including phenoxy) is 3. The van der Waals surface area contributed by atoms with Gasteiger partial charge in [-0.1, -0.05) is 42.5 Å². The maximum absolute atomic E-state index is 12.4. The molecule has 3 aromatic rings. The molecule has 0 aromatic heterocycles. The van der Waals surface area contributed by atoms with Gasteiger partial charge >= 0.3 is 5.97 Å². The zero-order chi connectivity index (χ0) is 20.4. The van der Waals surface area contributed by atoms with E-state index < -0.39 is 5.97 Å². The second kappa shape index (κ2) is 7.80. The van der Waals surface area contributed by atoms with Crippen LogP contribution in [-0.2, 0) is 9.53 Å². The molecule has 0 radical (unpaired) electrons. The van der Waals surface area contributed by atoms with E-state index in [0.29, 0.717) is 17.4 Å². The summed E-state index contributed by atoms with van der Waals surface area (Å²) in [6.07, 6.45) is 1.72. The second-order valence-electron chi connectivity index (χ2n) is 6.94. The molecule has 1 aliphatic rings. The minimum atomic E-state index is -0.477. The minimum Gasteiger partial charge on any atom is -0.493 e. The molecule has 0 saturated carbocycles. The topological polar surface area (TPSA) is 57.1 Å². The number of methoxy groups -OCH3 is 1. The molecule has 4 rings (SSSR count). The number of nitrogens with zero attached hydrogens (tertiary/aromatic N) is 1. The maximum atomic E-state index is 12.4. The summed E-state index contributed by atoms with van der Waals surface area (Å²) >= 11 is 0. The van der Waals surface area contributed by atoms with Gasteiger partial charge in [-0.05, 0) is 54.5 Å². The van der Waals surface area contributed by atoms with E-state index in [1.807, 2.05) is 74.5 Å². The van der Waals surface area contributed by atoms with E-state index in [9.17, 15) is 4.79 Å². The van der Waals surface area contributed by atoms with Crippen LogP contribution in [0.1, 0.15) is 25.0 Å². The van der Waals surface area contributed by atoms with Crippen LogP contribution in [0.25, 0.3) is 16.8 Å². The number of carbonyl (C=O) groups excluding carboxylic acids is 1. The van der Waals surface area contributed by atoms with E-state index in [4.69, 9.17) is 14.2 Å². The summed E-state index contributed by atoms with van der Waals surface area (Å²) in [5.41, 5.74) is 1.80. The lowest BCUT2D eigenvalue weighted by molar-refractivity contribution is -0.129. The van der Waals surface area contributed by atoms with Gasteiger partial charge in [0.05, 0.1) is 13.2 Å². The summed E-state index contributed by atoms with van der Waals surface area (Å²) in [6.45, 7) is 3.90. The Morgan fingerprint density at radius 2 is 1.79 bits per heavy atom. The van der Waals surface area contributed by atoms with Gasteiger partial charge in [-0.15, -0.1) is 0 Å². The fourth-order valence-corrected chi connectivity index (χ4v) is 3.22. The Kier molecular flexibility index (Phi) is 5.04. The van der Waals surface area contributed by atoms with E-state index in [1.54, 1.807) is 13.2 Å². The van der Waals surface area contributed by atoms with E-state index >= 15 is 0 Å². The van der Waals surface area contributed by atoms with Gasteiger partial charge in [0.2, 0.25) is 5.90 Å². The van der Waals surface area contributed by atoms with Gasteiger partial charge in [0.15, 0.2) is 17.2 Å². The monoisotopic (exact) mass is 387 g/mol. The molecule has 0 fully saturated rings. The highest BCUT2D eigenvalue weighted by Crippen LogP contribution is 2.31. The molecular formula is C24H21NO4. The Morgan fingerprint density at radius 3 is 2.59 bits per heavy atom. The predicted octanol–water partition coefficient (Wildman–Crippen LogP) is 4.98. The Bertz CT molecular complexity index is 1140. The number of benzene rings is 3. The number of carbonyl (C=O) groups is 1. The van der Waals surface area contributed by atoms with Crippen molar-refractivity contribution < 1.29 is 19.0 Å². The fourth-order valence-electron chi connectivity index (χ4n) is 3.22. The lowest BCUT2D eigenvalue weighted by atomic mass is 10.0. The first-order valence-electron chi connectivity index (χ1n) is 9.40. The van der Waals surface area contributed by atoms with Crippen LogP contribution in [0.3, 0.4) is 0 Å². The van der Waals surface area contributed by atoms with Crippen molar-refractivity contribution >= 4 is 28.7 Å². The number of rotatable bonds is 5. The Balaban J connectivity index is 1.69. The molecular weight excluding hydrogens is 366 g/mol. The van der Waals surface area contributed by atoms with Crippen LogP contribution in [0.15, 0.2) is 71.4 Å². The predicted molar refractivity (Wildman–Crippen MR) is 113 cm³/mol. The third-order valence-electron chi connectivity index (χ3n) is 4.49. The van der Waals surface area contributed by atoms with Crippen molar-refractivity contribution in [3.63, 3.8) is 0 Å². The highest BCUT2D eigenvalue weighted by molar-refractivity contribution is 6.17. The molecule has 0 bridgehead atoms. The molecule has 5 nitrogen and oxygen atoms in total. The van der Waals surface area contributed by atoms with Crippen molar-refractivity contribution in [3.05, 3.63) is 77.5 Å². The standard InChI is InChI=1S/C24H21NO4/c1-15(2)28-21-12-11-16(14-22(21)27-3)13-20-24(26)29-23(25-20)19-10-6-8-17-7-4-5-9-18(17)19/h4-15H,1-3H3/b20-13+. The van der Waals surface area contributed by atoms with E-state index in [2.05, 4.69) is 4.99 Å². The minimum absolute atomic E-state index is 0.0331. The number of cyclic esters (lactones) is 1. The van der Waals surface area contributed by atoms with Crippen molar-refractivity contribution in [2.24, 2.45) is 4.99 Å². The molecule has 0 spiro atoms. The first kappa shape index (κ1) is 18.7. The summed E-state index contributed by atoms with van der Waals surface area (Å²) in [5, 5.41) is 2.05. The van der Waals surface area contributed by atoms with Gasteiger partial charge < -0.3 is 14.2 Å². The quantitative estimate of drug-likeness (QED) is 0.458. The van der Waals surface area contributed by atoms with Gasteiger partial charge in [0, 0.05) is 5.56 Å². The molecule has 146 valence electrons. The molecule has 1 heterocycles. The number of fused-ring (bicyclic) bond motifs is 1. The molecule has 0 unspecified atom stereocenters. The number of hydrogen-bond donors (Lipinski definition) is 0. The van der Waals surface area contributed by atoms with Crippen LogP contribution in [0.2, 0.25) is 0 Å². The van der Waals surface area contributed by atoms with Crippen LogP contribution in [-0.4, -0.2) is 25.1 Å². The largest absolute Gasteiger partial charge is 0.493 e. The Labute approximate surface area is 169 Å². The van der Waals surface area contributed by atoms with Crippen LogP contribution < -0.4 is 9.47 Å². The first-order valence-corrected chi connectivity index (χ1v) is 9.40. The van der Waals surface area contributed by atoms with Crippen LogP contribution >= 0.6 is 0 Å². The van der Waals surface area contributed by atoms with E-state index in [1.165, 1.54) is 0 Å². The van der Waals surface area contributed by atoms with E-state index in [-0.39, 0.29) is 11.8 Å². The van der Waals surface area contributed by atoms with Gasteiger partial charge in [0.25, 0.3) is 0 Å². The lowest BCUT2D eigenvalue weighted by Crippen LogP contribution is -2.06. The third kappa shape index (κ3) is 3.85. The Hall–Kier alpha value is -3.60. The number of hydrogen-bond acceptors (Lipinski definition) is 5. The first-order chi connectivity index (χ1) is 14.0. The summed E-state index contributed by atoms with van der Waals surface area (Å²) < 4.78 is 16.6. The fraction of sp³-hybridized carbons (Fsp3) is 0.167. The van der Waals surface area contributed by atoms with Gasteiger partial charge in [0.1, 0.15) is 0 Å². The molecule has 0 atom stereocenters. The SMILES string of the molecule is COc1cc(/C=C2/N=C(c3cccc4ccccc34)OC2=O)ccc1OC(C)C. The molecule has 0 N–H and O–H groups in total. The zero-order valence-corrected chi connectivity index (χ0v) is 16.5. The number of aliphatic imine (C=N–C) groups is 1. The third-order valence-corrected chi connectivity index (χ3v) is 4.49. The summed E-state index contributed by atoms with van der Waals surface area (Å²) in [6, 6.07) is 19.2. The average Bonchev–Trinajstić information content (AvgIpc) is 3.08. The normalized spacial score (nSPS) is 15.0. The van der Waals surface area contributed by atoms with Crippen LogP contribution in [0.5, 0.6) is 11.5 Å². The number of esters is 1. The highest BCUT2D eigenvalue weighted by atomic mass is 16.6. The molecule has 1 aliphatic heterocycles. The van der Waals surface area contributed by atoms with E-state index in [0.717, 1.165) is 21.9 Å². The second-order valence-corrected chi connectivity index (χ2v) is 6.94. The van der Waals surface area contributed by atoms with Crippen LogP contribution in [0, 0.1) is 0 Å². The smallest absolute Gasteiger partial charge is 0.363 e. The van der Waals surface area contributed by atoms with Crippen molar-refractivity contribution in [2.75, 3.05) is 7.11 Å². The molecule has 0 amide bonds. The maximum Gasteiger partial charge on any atom is 0.363 e. The van der Waals surface area contributed by atoms with Crippen molar-refractivity contribution in [3.8, 4) is 11.5 Å². The summed E-state index contributed by atoms with van der Waals surface area (Å²) in [5.74, 6) is 1.08. The van der Waals surface area contributed by atoms with Crippen molar-refractivity contribution in [1.29, 1.82) is 0 Å².